The molecule has 3 N–H and O–H groups in total. The number of hydrogen-bond acceptors (Lipinski definition) is 3. The van der Waals surface area contributed by atoms with Crippen LogP contribution in [0.25, 0.3) is 0 Å². The molecule has 1 heterocycles. The molecular formula is C11H14ClN3O. The van der Waals surface area contributed by atoms with Crippen molar-refractivity contribution in [2.45, 2.75) is 18.9 Å². The van der Waals surface area contributed by atoms with Crippen LogP contribution < -0.4 is 11.1 Å². The van der Waals surface area contributed by atoms with Crippen LogP contribution in [0, 0.1) is 5.92 Å². The zero-order valence-electron chi connectivity index (χ0n) is 8.82. The van der Waals surface area contributed by atoms with Crippen LogP contribution in [0.2, 0.25) is 5.02 Å². The molecule has 86 valence electrons. The number of nitrogens with zero attached hydrogens (tertiary/aromatic N) is 1. The van der Waals surface area contributed by atoms with E-state index in [9.17, 15) is 4.79 Å². The van der Waals surface area contributed by atoms with Gasteiger partial charge >= 0.3 is 0 Å². The van der Waals surface area contributed by atoms with Gasteiger partial charge in [-0.3, -0.25) is 9.78 Å². The molecule has 16 heavy (non-hydrogen) atoms. The summed E-state index contributed by atoms with van der Waals surface area (Å²) >= 11 is 5.89. The zero-order chi connectivity index (χ0) is 11.5. The molecule has 1 amide bonds. The summed E-state index contributed by atoms with van der Waals surface area (Å²) in [5.41, 5.74) is 6.07. The van der Waals surface area contributed by atoms with Gasteiger partial charge in [0.25, 0.3) is 5.91 Å². The zero-order valence-corrected chi connectivity index (χ0v) is 9.57. The van der Waals surface area contributed by atoms with Gasteiger partial charge in [-0.1, -0.05) is 11.6 Å². The van der Waals surface area contributed by atoms with Crippen LogP contribution in [0.15, 0.2) is 18.5 Å². The highest BCUT2D eigenvalue weighted by atomic mass is 35.5. The summed E-state index contributed by atoms with van der Waals surface area (Å²) in [7, 11) is 0. The van der Waals surface area contributed by atoms with Gasteiger partial charge < -0.3 is 11.1 Å². The molecule has 0 saturated heterocycles. The number of carbonyl (C=O) groups is 1. The van der Waals surface area contributed by atoms with E-state index in [-0.39, 0.29) is 11.9 Å². The number of halogens is 1. The quantitative estimate of drug-likeness (QED) is 0.830. The Bertz CT molecular complexity index is 393. The van der Waals surface area contributed by atoms with E-state index in [1.54, 1.807) is 12.3 Å². The molecule has 1 unspecified atom stereocenters. The first-order valence-corrected chi connectivity index (χ1v) is 5.70. The van der Waals surface area contributed by atoms with Gasteiger partial charge in [0.05, 0.1) is 10.6 Å². The predicted molar refractivity (Wildman–Crippen MR) is 62.3 cm³/mol. The van der Waals surface area contributed by atoms with Crippen molar-refractivity contribution in [3.8, 4) is 0 Å². The van der Waals surface area contributed by atoms with Crippen molar-refractivity contribution < 1.29 is 4.79 Å². The molecule has 1 atom stereocenters. The maximum atomic E-state index is 11.9. The minimum absolute atomic E-state index is 0.0664. The van der Waals surface area contributed by atoms with Gasteiger partial charge in [-0.15, -0.1) is 0 Å². The highest BCUT2D eigenvalue weighted by Gasteiger charge is 2.31. The van der Waals surface area contributed by atoms with Gasteiger partial charge in [-0.05, 0) is 24.8 Å². The first kappa shape index (κ1) is 11.4. The SMILES string of the molecule is NCC(NC(=O)c1ccncc1Cl)C1CC1. The summed E-state index contributed by atoms with van der Waals surface area (Å²) in [6.07, 6.45) is 5.30. The van der Waals surface area contributed by atoms with Gasteiger partial charge in [0.2, 0.25) is 0 Å². The smallest absolute Gasteiger partial charge is 0.253 e. The summed E-state index contributed by atoms with van der Waals surface area (Å²) in [4.78, 5) is 15.7. The molecule has 1 aliphatic carbocycles. The minimum Gasteiger partial charge on any atom is -0.348 e. The largest absolute Gasteiger partial charge is 0.348 e. The summed E-state index contributed by atoms with van der Waals surface area (Å²) in [5, 5.41) is 3.28. The van der Waals surface area contributed by atoms with E-state index in [0.29, 0.717) is 23.0 Å². The van der Waals surface area contributed by atoms with Crippen molar-refractivity contribution in [1.29, 1.82) is 0 Å². The Morgan fingerprint density at radius 1 is 1.69 bits per heavy atom. The molecule has 0 aromatic carbocycles. The van der Waals surface area contributed by atoms with Gasteiger partial charge in [0.15, 0.2) is 0 Å². The summed E-state index contributed by atoms with van der Waals surface area (Å²) in [6, 6.07) is 1.68. The maximum Gasteiger partial charge on any atom is 0.253 e. The molecule has 1 aromatic rings. The topological polar surface area (TPSA) is 68.0 Å². The Morgan fingerprint density at radius 2 is 2.44 bits per heavy atom. The Balaban J connectivity index is 2.04. The van der Waals surface area contributed by atoms with Gasteiger partial charge in [-0.2, -0.15) is 0 Å². The number of pyridine rings is 1. The minimum atomic E-state index is -0.172. The lowest BCUT2D eigenvalue weighted by atomic mass is 10.1. The number of amides is 1. The van der Waals surface area contributed by atoms with Gasteiger partial charge in [-0.25, -0.2) is 0 Å². The Hall–Kier alpha value is -1.13. The number of nitrogens with two attached hydrogens (primary N) is 1. The van der Waals surface area contributed by atoms with Crippen molar-refractivity contribution in [3.05, 3.63) is 29.0 Å². The Morgan fingerprint density at radius 3 is 3.00 bits per heavy atom. The lowest BCUT2D eigenvalue weighted by Gasteiger charge is -2.16. The highest BCUT2D eigenvalue weighted by Crippen LogP contribution is 2.32. The fourth-order valence-electron chi connectivity index (χ4n) is 1.67. The first-order valence-electron chi connectivity index (χ1n) is 5.33. The molecule has 1 saturated carbocycles. The van der Waals surface area contributed by atoms with E-state index in [1.165, 1.54) is 6.20 Å². The molecule has 1 aliphatic rings. The molecule has 1 aromatic heterocycles. The third-order valence-electron chi connectivity index (χ3n) is 2.78. The Kier molecular flexibility index (Phi) is 3.41. The second-order valence-electron chi connectivity index (χ2n) is 4.01. The predicted octanol–water partition coefficient (Wildman–Crippen LogP) is 1.20. The molecule has 0 aliphatic heterocycles. The van der Waals surface area contributed by atoms with Crippen molar-refractivity contribution in [2.24, 2.45) is 11.7 Å². The highest BCUT2D eigenvalue weighted by molar-refractivity contribution is 6.33. The van der Waals surface area contributed by atoms with Crippen LogP contribution in [-0.2, 0) is 0 Å². The Labute approximate surface area is 99.2 Å². The summed E-state index contributed by atoms with van der Waals surface area (Å²) in [6.45, 7) is 0.471. The average molecular weight is 240 g/mol. The molecule has 0 bridgehead atoms. The molecule has 2 rings (SSSR count). The third-order valence-corrected chi connectivity index (χ3v) is 3.08. The summed E-state index contributed by atoms with van der Waals surface area (Å²) < 4.78 is 0. The standard InChI is InChI=1S/C11H14ClN3O/c12-9-6-14-4-3-8(9)11(16)15-10(5-13)7-1-2-7/h3-4,6-7,10H,1-2,5,13H2,(H,15,16). The van der Waals surface area contributed by atoms with Gasteiger partial charge in [0.1, 0.15) is 0 Å². The van der Waals surface area contributed by atoms with E-state index >= 15 is 0 Å². The lowest BCUT2D eigenvalue weighted by molar-refractivity contribution is 0.0933. The van der Waals surface area contributed by atoms with Gasteiger partial charge in [0, 0.05) is 25.0 Å². The second-order valence-corrected chi connectivity index (χ2v) is 4.42. The van der Waals surface area contributed by atoms with E-state index in [1.807, 2.05) is 0 Å². The van der Waals surface area contributed by atoms with Crippen LogP contribution >= 0.6 is 11.6 Å². The lowest BCUT2D eigenvalue weighted by Crippen LogP contribution is -2.41. The fraction of sp³-hybridized carbons (Fsp3) is 0.455. The van der Waals surface area contributed by atoms with E-state index < -0.39 is 0 Å². The van der Waals surface area contributed by atoms with Crippen LogP contribution in [0.1, 0.15) is 23.2 Å². The number of rotatable bonds is 4. The van der Waals surface area contributed by atoms with Crippen molar-refractivity contribution >= 4 is 17.5 Å². The second kappa shape index (κ2) is 4.80. The summed E-state index contributed by atoms with van der Waals surface area (Å²) in [5.74, 6) is 0.365. The van der Waals surface area contributed by atoms with E-state index in [2.05, 4.69) is 10.3 Å². The van der Waals surface area contributed by atoms with E-state index in [4.69, 9.17) is 17.3 Å². The number of aromatic nitrogens is 1. The molecule has 4 nitrogen and oxygen atoms in total. The molecule has 1 fully saturated rings. The van der Waals surface area contributed by atoms with Crippen LogP contribution in [0.4, 0.5) is 0 Å². The normalized spacial score (nSPS) is 16.9. The molecule has 5 heteroatoms. The van der Waals surface area contributed by atoms with Crippen molar-refractivity contribution in [2.75, 3.05) is 6.54 Å². The number of carbonyl (C=O) groups excluding carboxylic acids is 1. The molecular weight excluding hydrogens is 226 g/mol. The van der Waals surface area contributed by atoms with E-state index in [0.717, 1.165) is 12.8 Å². The monoisotopic (exact) mass is 239 g/mol. The third kappa shape index (κ3) is 2.51. The van der Waals surface area contributed by atoms with Crippen LogP contribution in [0.3, 0.4) is 0 Å². The first-order chi connectivity index (χ1) is 7.72. The molecule has 0 radical (unpaired) electrons. The number of nitrogens with one attached hydrogen (secondary N) is 1. The number of hydrogen-bond donors (Lipinski definition) is 2. The van der Waals surface area contributed by atoms with Crippen LogP contribution in [0.5, 0.6) is 0 Å². The molecule has 0 spiro atoms. The van der Waals surface area contributed by atoms with Crippen molar-refractivity contribution in [1.82, 2.24) is 10.3 Å². The average Bonchev–Trinajstić information content (AvgIpc) is 3.10. The van der Waals surface area contributed by atoms with Crippen LogP contribution in [-0.4, -0.2) is 23.5 Å². The van der Waals surface area contributed by atoms with Crippen molar-refractivity contribution in [3.63, 3.8) is 0 Å². The fourth-order valence-corrected chi connectivity index (χ4v) is 1.88. The maximum absolute atomic E-state index is 11.9.